The van der Waals surface area contributed by atoms with Gasteiger partial charge in [0, 0.05) is 58.4 Å². The fraction of sp³-hybridized carbons (Fsp3) is 0.700. The lowest BCUT2D eigenvalue weighted by Gasteiger charge is -2.63. The zero-order chi connectivity index (χ0) is 18.0. The average molecular weight is 359 g/mol. The lowest BCUT2D eigenvalue weighted by molar-refractivity contribution is -0.208. The number of methoxy groups -OCH3 is 1. The summed E-state index contributed by atoms with van der Waals surface area (Å²) < 4.78 is 11.4. The molecule has 4 rings (SSSR count). The van der Waals surface area contributed by atoms with Crippen LogP contribution in [0.2, 0.25) is 0 Å². The fourth-order valence-electron chi connectivity index (χ4n) is 4.96. The molecular weight excluding hydrogens is 330 g/mol. The molecule has 0 aliphatic carbocycles. The molecule has 6 heteroatoms. The first-order valence-corrected chi connectivity index (χ1v) is 9.77. The number of amides is 1. The number of hydrogen-bond donors (Lipinski definition) is 0. The van der Waals surface area contributed by atoms with Gasteiger partial charge < -0.3 is 14.4 Å². The van der Waals surface area contributed by atoms with E-state index in [9.17, 15) is 4.79 Å². The lowest BCUT2D eigenvalue weighted by atomic mass is 9.73. The summed E-state index contributed by atoms with van der Waals surface area (Å²) in [6.07, 6.45) is 8.54. The topological polar surface area (TPSA) is 54.9 Å². The highest BCUT2D eigenvalue weighted by Crippen LogP contribution is 2.44. The van der Waals surface area contributed by atoms with Gasteiger partial charge in [-0.2, -0.15) is 0 Å². The molecule has 0 radical (unpaired) electrons. The summed E-state index contributed by atoms with van der Waals surface area (Å²) in [6, 6.07) is 4.41. The molecule has 6 nitrogen and oxygen atoms in total. The minimum absolute atomic E-state index is 0.166. The van der Waals surface area contributed by atoms with Crippen LogP contribution in [0.5, 0.6) is 0 Å². The van der Waals surface area contributed by atoms with Gasteiger partial charge >= 0.3 is 0 Å². The molecule has 0 aromatic carbocycles. The molecule has 142 valence electrons. The summed E-state index contributed by atoms with van der Waals surface area (Å²) in [4.78, 5) is 21.4. The number of carbonyl (C=O) groups is 1. The number of carbonyl (C=O) groups excluding carboxylic acids is 1. The van der Waals surface area contributed by atoms with Crippen molar-refractivity contribution in [1.29, 1.82) is 0 Å². The summed E-state index contributed by atoms with van der Waals surface area (Å²) in [5, 5.41) is 0. The van der Waals surface area contributed by atoms with Crippen molar-refractivity contribution in [3.05, 3.63) is 30.1 Å². The second-order valence-corrected chi connectivity index (χ2v) is 7.74. The largest absolute Gasteiger partial charge is 0.381 e. The van der Waals surface area contributed by atoms with E-state index in [1.54, 1.807) is 12.4 Å². The third-order valence-electron chi connectivity index (χ3n) is 6.51. The quantitative estimate of drug-likeness (QED) is 0.815. The Morgan fingerprint density at radius 1 is 1.35 bits per heavy atom. The van der Waals surface area contributed by atoms with E-state index in [0.29, 0.717) is 18.6 Å². The van der Waals surface area contributed by atoms with Gasteiger partial charge in [-0.25, -0.2) is 0 Å². The maximum atomic E-state index is 12.6. The van der Waals surface area contributed by atoms with Crippen LogP contribution in [0, 0.1) is 0 Å². The van der Waals surface area contributed by atoms with Crippen molar-refractivity contribution in [2.24, 2.45) is 0 Å². The van der Waals surface area contributed by atoms with Crippen LogP contribution in [0.1, 0.15) is 31.2 Å². The molecule has 26 heavy (non-hydrogen) atoms. The molecule has 1 amide bonds. The smallest absolute Gasteiger partial charge is 0.227 e. The maximum absolute atomic E-state index is 12.6. The molecule has 1 spiro atoms. The number of hydrogen-bond acceptors (Lipinski definition) is 5. The Kier molecular flexibility index (Phi) is 5.25. The minimum atomic E-state index is 0.166. The monoisotopic (exact) mass is 359 g/mol. The third-order valence-corrected chi connectivity index (χ3v) is 6.51. The van der Waals surface area contributed by atoms with Crippen LogP contribution >= 0.6 is 0 Å². The molecule has 3 aliphatic heterocycles. The highest BCUT2D eigenvalue weighted by Gasteiger charge is 2.56. The van der Waals surface area contributed by atoms with Crippen molar-refractivity contribution in [1.82, 2.24) is 14.8 Å². The van der Waals surface area contributed by atoms with Gasteiger partial charge in [0.2, 0.25) is 5.91 Å². The Labute approximate surface area is 155 Å². The van der Waals surface area contributed by atoms with Crippen LogP contribution < -0.4 is 0 Å². The minimum Gasteiger partial charge on any atom is -0.381 e. The number of ether oxygens (including phenoxy) is 2. The van der Waals surface area contributed by atoms with Crippen molar-refractivity contribution in [3.63, 3.8) is 0 Å². The molecule has 0 bridgehead atoms. The van der Waals surface area contributed by atoms with E-state index in [1.165, 1.54) is 0 Å². The zero-order valence-electron chi connectivity index (χ0n) is 15.6. The first-order chi connectivity index (χ1) is 12.7. The van der Waals surface area contributed by atoms with Crippen molar-refractivity contribution in [2.75, 3.05) is 40.0 Å². The number of rotatable bonds is 4. The van der Waals surface area contributed by atoms with Crippen LogP contribution in [0.4, 0.5) is 0 Å². The number of pyridine rings is 1. The van der Waals surface area contributed by atoms with Crippen LogP contribution in [-0.2, 0) is 20.7 Å². The van der Waals surface area contributed by atoms with Gasteiger partial charge in [0.25, 0.3) is 0 Å². The van der Waals surface area contributed by atoms with E-state index in [0.717, 1.165) is 64.1 Å². The average Bonchev–Trinajstić information content (AvgIpc) is 2.69. The number of likely N-dealkylation sites (tertiary alicyclic amines) is 2. The molecule has 3 saturated heterocycles. The normalized spacial score (nSPS) is 26.7. The standard InChI is InChI=1S/C20H29N3O3/c1-25-18-15-23(20(18)6-11-26-12-7-20)17-4-9-22(10-5-17)19(24)13-16-3-2-8-21-14-16/h2-3,8,14,17-18H,4-7,9-13,15H2,1H3. The van der Waals surface area contributed by atoms with E-state index in [-0.39, 0.29) is 11.4 Å². The fourth-order valence-corrected chi connectivity index (χ4v) is 4.96. The van der Waals surface area contributed by atoms with Gasteiger partial charge in [-0.05, 0) is 37.3 Å². The summed E-state index contributed by atoms with van der Waals surface area (Å²) in [5.41, 5.74) is 1.16. The summed E-state index contributed by atoms with van der Waals surface area (Å²) in [6.45, 7) is 4.39. The van der Waals surface area contributed by atoms with E-state index in [1.807, 2.05) is 24.1 Å². The van der Waals surface area contributed by atoms with Crippen LogP contribution in [-0.4, -0.2) is 78.3 Å². The number of nitrogens with zero attached hydrogens (tertiary/aromatic N) is 3. The second kappa shape index (κ2) is 7.62. The van der Waals surface area contributed by atoms with Gasteiger partial charge in [0.1, 0.15) is 0 Å². The van der Waals surface area contributed by atoms with Gasteiger partial charge in [-0.3, -0.25) is 14.7 Å². The third kappa shape index (κ3) is 3.26. The highest BCUT2D eigenvalue weighted by molar-refractivity contribution is 5.78. The Bertz CT molecular complexity index is 610. The predicted octanol–water partition coefficient (Wildman–Crippen LogP) is 1.49. The molecular formula is C20H29N3O3. The number of piperidine rings is 1. The summed E-state index contributed by atoms with van der Waals surface area (Å²) >= 11 is 0. The second-order valence-electron chi connectivity index (χ2n) is 7.74. The molecule has 0 saturated carbocycles. The van der Waals surface area contributed by atoms with Crippen molar-refractivity contribution >= 4 is 5.91 Å². The Hall–Kier alpha value is -1.50. The SMILES string of the molecule is COC1CN(C2CCN(C(=O)Cc3cccnc3)CC2)C12CCOCC2. The summed E-state index contributed by atoms with van der Waals surface area (Å²) in [7, 11) is 1.83. The van der Waals surface area contributed by atoms with Gasteiger partial charge in [-0.15, -0.1) is 0 Å². The van der Waals surface area contributed by atoms with Crippen LogP contribution in [0.25, 0.3) is 0 Å². The lowest BCUT2D eigenvalue weighted by Crippen LogP contribution is -2.75. The van der Waals surface area contributed by atoms with Crippen LogP contribution in [0.3, 0.4) is 0 Å². The summed E-state index contributed by atoms with van der Waals surface area (Å²) in [5.74, 6) is 0.218. The molecule has 3 fully saturated rings. The van der Waals surface area contributed by atoms with Gasteiger partial charge in [-0.1, -0.05) is 6.07 Å². The number of aromatic nitrogens is 1. The van der Waals surface area contributed by atoms with Crippen molar-refractivity contribution in [2.45, 2.75) is 49.8 Å². The Morgan fingerprint density at radius 3 is 2.77 bits per heavy atom. The first kappa shape index (κ1) is 17.9. The molecule has 1 aromatic heterocycles. The van der Waals surface area contributed by atoms with E-state index < -0.39 is 0 Å². The first-order valence-electron chi connectivity index (χ1n) is 9.77. The molecule has 3 aliphatic rings. The van der Waals surface area contributed by atoms with Gasteiger partial charge in [0.05, 0.1) is 18.1 Å². The predicted molar refractivity (Wildman–Crippen MR) is 97.8 cm³/mol. The maximum Gasteiger partial charge on any atom is 0.227 e. The van der Waals surface area contributed by atoms with E-state index in [2.05, 4.69) is 9.88 Å². The van der Waals surface area contributed by atoms with E-state index in [4.69, 9.17) is 9.47 Å². The highest BCUT2D eigenvalue weighted by atomic mass is 16.5. The molecule has 1 aromatic rings. The van der Waals surface area contributed by atoms with E-state index >= 15 is 0 Å². The molecule has 1 unspecified atom stereocenters. The van der Waals surface area contributed by atoms with Crippen molar-refractivity contribution in [3.8, 4) is 0 Å². The van der Waals surface area contributed by atoms with Crippen LogP contribution in [0.15, 0.2) is 24.5 Å². The molecule has 1 atom stereocenters. The molecule has 0 N–H and O–H groups in total. The zero-order valence-corrected chi connectivity index (χ0v) is 15.6. The van der Waals surface area contributed by atoms with Gasteiger partial charge in [0.15, 0.2) is 0 Å². The Balaban J connectivity index is 1.33. The Morgan fingerprint density at radius 2 is 2.12 bits per heavy atom. The van der Waals surface area contributed by atoms with Crippen molar-refractivity contribution < 1.29 is 14.3 Å². The molecule has 4 heterocycles.